The zero-order valence-corrected chi connectivity index (χ0v) is 10.9. The highest BCUT2D eigenvalue weighted by atomic mass is 16.2. The van der Waals surface area contributed by atoms with Crippen molar-refractivity contribution in [3.63, 3.8) is 0 Å². The van der Waals surface area contributed by atoms with Gasteiger partial charge in [-0.3, -0.25) is 0 Å². The predicted molar refractivity (Wildman–Crippen MR) is 74.5 cm³/mol. The lowest BCUT2D eigenvalue weighted by Gasteiger charge is -2.08. The third-order valence-electron chi connectivity index (χ3n) is 3.04. The molecule has 18 heavy (non-hydrogen) atoms. The van der Waals surface area contributed by atoms with Crippen LogP contribution in [0.3, 0.4) is 0 Å². The van der Waals surface area contributed by atoms with E-state index in [9.17, 15) is 4.79 Å². The lowest BCUT2D eigenvalue weighted by Crippen LogP contribution is -2.23. The second-order valence-corrected chi connectivity index (χ2v) is 5.07. The van der Waals surface area contributed by atoms with Gasteiger partial charge < -0.3 is 10.6 Å². The number of nitrogens with one attached hydrogen (secondary N) is 2. The topological polar surface area (TPSA) is 41.1 Å². The van der Waals surface area contributed by atoms with Gasteiger partial charge in [0.25, 0.3) is 0 Å². The fourth-order valence-corrected chi connectivity index (χ4v) is 1.67. The van der Waals surface area contributed by atoms with Gasteiger partial charge in [-0.2, -0.15) is 0 Å². The molecule has 1 aromatic carbocycles. The van der Waals surface area contributed by atoms with Crippen molar-refractivity contribution in [3.8, 4) is 0 Å². The Hall–Kier alpha value is -1.77. The van der Waals surface area contributed by atoms with Crippen LogP contribution in [0.1, 0.15) is 38.2 Å². The summed E-state index contributed by atoms with van der Waals surface area (Å²) in [6.07, 6.45) is 6.27. The molecule has 3 heteroatoms. The first-order valence-electron chi connectivity index (χ1n) is 6.49. The van der Waals surface area contributed by atoms with E-state index in [2.05, 4.69) is 24.5 Å². The first kappa shape index (κ1) is 12.7. The summed E-state index contributed by atoms with van der Waals surface area (Å²) >= 11 is 0. The lowest BCUT2D eigenvalue weighted by atomic mass is 10.0. The normalized spacial score (nSPS) is 15.1. The Kier molecular flexibility index (Phi) is 4.03. The van der Waals surface area contributed by atoms with Crippen molar-refractivity contribution in [3.05, 3.63) is 42.1 Å². The Bertz CT molecular complexity index is 430. The van der Waals surface area contributed by atoms with Gasteiger partial charge in [0, 0.05) is 11.9 Å². The van der Waals surface area contributed by atoms with Gasteiger partial charge in [0.05, 0.1) is 0 Å². The van der Waals surface area contributed by atoms with Gasteiger partial charge in [-0.05, 0) is 42.4 Å². The number of rotatable bonds is 4. The van der Waals surface area contributed by atoms with E-state index >= 15 is 0 Å². The van der Waals surface area contributed by atoms with E-state index in [0.717, 1.165) is 5.69 Å². The highest BCUT2D eigenvalue weighted by molar-refractivity contribution is 5.89. The first-order chi connectivity index (χ1) is 8.65. The molecular weight excluding hydrogens is 224 g/mol. The van der Waals surface area contributed by atoms with Gasteiger partial charge in [-0.1, -0.05) is 32.1 Å². The zero-order chi connectivity index (χ0) is 13.0. The number of benzene rings is 1. The van der Waals surface area contributed by atoms with E-state index in [-0.39, 0.29) is 6.03 Å². The molecule has 1 aliphatic rings. The van der Waals surface area contributed by atoms with Gasteiger partial charge >= 0.3 is 6.03 Å². The molecule has 0 aliphatic heterocycles. The van der Waals surface area contributed by atoms with Crippen molar-refractivity contribution < 1.29 is 4.79 Å². The van der Waals surface area contributed by atoms with E-state index in [1.807, 2.05) is 30.3 Å². The van der Waals surface area contributed by atoms with Gasteiger partial charge in [0.2, 0.25) is 0 Å². The summed E-state index contributed by atoms with van der Waals surface area (Å²) in [6, 6.07) is 7.75. The summed E-state index contributed by atoms with van der Waals surface area (Å²) in [5, 5.41) is 5.51. The van der Waals surface area contributed by atoms with Crippen molar-refractivity contribution in [2.24, 2.45) is 5.92 Å². The summed E-state index contributed by atoms with van der Waals surface area (Å²) < 4.78 is 0. The van der Waals surface area contributed by atoms with Crippen LogP contribution in [0.5, 0.6) is 0 Å². The Morgan fingerprint density at radius 3 is 2.50 bits per heavy atom. The smallest absolute Gasteiger partial charge is 0.315 e. The Balaban J connectivity index is 1.82. The second kappa shape index (κ2) is 5.71. The summed E-state index contributed by atoms with van der Waals surface area (Å²) in [4.78, 5) is 11.6. The second-order valence-electron chi connectivity index (χ2n) is 5.07. The largest absolute Gasteiger partial charge is 0.323 e. The minimum absolute atomic E-state index is 0.191. The number of carbonyl (C=O) groups excluding carboxylic acids is 1. The maximum absolute atomic E-state index is 11.6. The van der Waals surface area contributed by atoms with Crippen molar-refractivity contribution in [1.29, 1.82) is 0 Å². The van der Waals surface area contributed by atoms with Crippen LogP contribution in [0, 0.1) is 5.92 Å². The molecule has 0 unspecified atom stereocenters. The van der Waals surface area contributed by atoms with Crippen LogP contribution in [0.15, 0.2) is 36.5 Å². The third kappa shape index (κ3) is 3.91. The van der Waals surface area contributed by atoms with E-state index in [4.69, 9.17) is 0 Å². The van der Waals surface area contributed by atoms with Crippen LogP contribution >= 0.6 is 0 Å². The average Bonchev–Trinajstić information content (AvgIpc) is 3.13. The summed E-state index contributed by atoms with van der Waals surface area (Å²) in [5.74, 6) is 1.19. The molecular formula is C15H20N2O. The fraction of sp³-hybridized carbons (Fsp3) is 0.400. The molecule has 96 valence electrons. The molecule has 2 rings (SSSR count). The third-order valence-corrected chi connectivity index (χ3v) is 3.04. The van der Waals surface area contributed by atoms with Gasteiger partial charge in [-0.15, -0.1) is 0 Å². The molecule has 1 saturated carbocycles. The fourth-order valence-electron chi connectivity index (χ4n) is 1.67. The van der Waals surface area contributed by atoms with E-state index in [0.29, 0.717) is 11.8 Å². The Morgan fingerprint density at radius 2 is 1.94 bits per heavy atom. The molecule has 0 bridgehead atoms. The van der Waals surface area contributed by atoms with Crippen molar-refractivity contribution >= 4 is 11.7 Å². The number of carbonyl (C=O) groups is 1. The molecule has 1 aliphatic carbocycles. The predicted octanol–water partition coefficient (Wildman–Crippen LogP) is 3.86. The maximum atomic E-state index is 11.6. The van der Waals surface area contributed by atoms with Crippen molar-refractivity contribution in [1.82, 2.24) is 5.32 Å². The Morgan fingerprint density at radius 1 is 1.28 bits per heavy atom. The van der Waals surface area contributed by atoms with Gasteiger partial charge in [-0.25, -0.2) is 4.79 Å². The quantitative estimate of drug-likeness (QED) is 0.829. The van der Waals surface area contributed by atoms with Gasteiger partial charge in [0.15, 0.2) is 0 Å². The van der Waals surface area contributed by atoms with Crippen LogP contribution in [0.2, 0.25) is 0 Å². The number of hydrogen-bond acceptors (Lipinski definition) is 1. The van der Waals surface area contributed by atoms with Crippen LogP contribution in [-0.4, -0.2) is 6.03 Å². The minimum atomic E-state index is -0.191. The van der Waals surface area contributed by atoms with Crippen LogP contribution in [0.4, 0.5) is 10.5 Å². The molecule has 1 aromatic rings. The highest BCUT2D eigenvalue weighted by Gasteiger charge is 2.17. The van der Waals surface area contributed by atoms with E-state index in [1.54, 1.807) is 6.20 Å². The molecule has 0 heterocycles. The molecule has 0 radical (unpaired) electrons. The number of amides is 2. The number of hydrogen-bond donors (Lipinski definition) is 2. The molecule has 0 aromatic heterocycles. The monoisotopic (exact) mass is 244 g/mol. The zero-order valence-electron chi connectivity index (χ0n) is 10.9. The van der Waals surface area contributed by atoms with E-state index in [1.165, 1.54) is 18.4 Å². The van der Waals surface area contributed by atoms with Crippen molar-refractivity contribution in [2.45, 2.75) is 32.6 Å². The molecule has 2 N–H and O–H groups in total. The standard InChI is InChI=1S/C15H20N2O/c1-11(2)13-5-7-14(8-6-13)17-15(18)16-10-9-12-3-4-12/h5-12H,3-4H2,1-2H3,(H2,16,17,18)/b10-9+. The number of allylic oxidation sites excluding steroid dienone is 1. The Labute approximate surface area is 108 Å². The van der Waals surface area contributed by atoms with Gasteiger partial charge in [0.1, 0.15) is 0 Å². The highest BCUT2D eigenvalue weighted by Crippen LogP contribution is 2.29. The number of urea groups is 1. The molecule has 1 fully saturated rings. The lowest BCUT2D eigenvalue weighted by molar-refractivity contribution is 0.255. The van der Waals surface area contributed by atoms with Crippen molar-refractivity contribution in [2.75, 3.05) is 5.32 Å². The summed E-state index contributed by atoms with van der Waals surface area (Å²) in [5.41, 5.74) is 2.09. The van der Waals surface area contributed by atoms with Crippen LogP contribution < -0.4 is 10.6 Å². The molecule has 0 saturated heterocycles. The van der Waals surface area contributed by atoms with Crippen LogP contribution in [0.25, 0.3) is 0 Å². The summed E-state index contributed by atoms with van der Waals surface area (Å²) in [6.45, 7) is 4.30. The average molecular weight is 244 g/mol. The van der Waals surface area contributed by atoms with Crippen LogP contribution in [-0.2, 0) is 0 Å². The SMILES string of the molecule is CC(C)c1ccc(NC(=O)N/C=C/C2CC2)cc1. The molecule has 2 amide bonds. The molecule has 0 atom stereocenters. The first-order valence-corrected chi connectivity index (χ1v) is 6.49. The molecule has 3 nitrogen and oxygen atoms in total. The molecule has 0 spiro atoms. The number of anilines is 1. The summed E-state index contributed by atoms with van der Waals surface area (Å²) in [7, 11) is 0. The minimum Gasteiger partial charge on any atom is -0.315 e. The van der Waals surface area contributed by atoms with E-state index < -0.39 is 0 Å². The maximum Gasteiger partial charge on any atom is 0.323 e.